The van der Waals surface area contributed by atoms with E-state index < -0.39 is 0 Å². The number of hydrogen-bond acceptors (Lipinski definition) is 3. The first-order valence-electron chi connectivity index (χ1n) is 4.27. The molecule has 0 aliphatic carbocycles. The van der Waals surface area contributed by atoms with E-state index in [-0.39, 0.29) is 6.04 Å². The lowest BCUT2D eigenvalue weighted by atomic mass is 10.1. The van der Waals surface area contributed by atoms with Crippen LogP contribution in [0.3, 0.4) is 0 Å². The summed E-state index contributed by atoms with van der Waals surface area (Å²) >= 11 is 3.49. The van der Waals surface area contributed by atoms with Gasteiger partial charge in [0.1, 0.15) is 4.60 Å². The van der Waals surface area contributed by atoms with Gasteiger partial charge in [0.2, 0.25) is 0 Å². The van der Waals surface area contributed by atoms with Gasteiger partial charge in [0.25, 0.3) is 0 Å². The number of nitrogens with zero attached hydrogens (tertiary/aromatic N) is 2. The summed E-state index contributed by atoms with van der Waals surface area (Å²) < 4.78 is 8.22. The Hall–Kier alpha value is -0.390. The summed E-state index contributed by atoms with van der Waals surface area (Å²) in [5.74, 6) is 0. The highest BCUT2D eigenvalue weighted by Gasteiger charge is 2.19. The third-order valence-corrected chi connectivity index (χ3v) is 3.16. The SMILES string of the molecule is Cn1ncc(C2COCCN2)c1Br. The topological polar surface area (TPSA) is 39.1 Å². The van der Waals surface area contributed by atoms with E-state index in [2.05, 4.69) is 26.3 Å². The molecule has 2 heterocycles. The lowest BCUT2D eigenvalue weighted by Crippen LogP contribution is -2.34. The third kappa shape index (κ3) is 1.77. The van der Waals surface area contributed by atoms with Gasteiger partial charge < -0.3 is 10.1 Å². The molecule has 0 aromatic carbocycles. The maximum absolute atomic E-state index is 5.38. The molecule has 1 aliphatic heterocycles. The molecule has 5 heteroatoms. The highest BCUT2D eigenvalue weighted by atomic mass is 79.9. The van der Waals surface area contributed by atoms with E-state index >= 15 is 0 Å². The Morgan fingerprint density at radius 1 is 1.77 bits per heavy atom. The first kappa shape index (κ1) is 9.18. The minimum Gasteiger partial charge on any atom is -0.378 e. The number of hydrogen-bond donors (Lipinski definition) is 1. The Bertz CT molecular complexity index is 294. The van der Waals surface area contributed by atoms with E-state index in [4.69, 9.17) is 4.74 Å². The molecule has 2 rings (SSSR count). The maximum atomic E-state index is 5.38. The first-order valence-corrected chi connectivity index (χ1v) is 5.07. The number of rotatable bonds is 1. The van der Waals surface area contributed by atoms with Crippen molar-refractivity contribution in [3.63, 3.8) is 0 Å². The fourth-order valence-corrected chi connectivity index (χ4v) is 1.91. The van der Waals surface area contributed by atoms with Gasteiger partial charge >= 0.3 is 0 Å². The summed E-state index contributed by atoms with van der Waals surface area (Å²) in [4.78, 5) is 0. The average molecular weight is 246 g/mol. The van der Waals surface area contributed by atoms with E-state index in [0.717, 1.165) is 24.4 Å². The van der Waals surface area contributed by atoms with E-state index in [1.54, 1.807) is 0 Å². The molecule has 1 N–H and O–H groups in total. The smallest absolute Gasteiger partial charge is 0.108 e. The maximum Gasteiger partial charge on any atom is 0.108 e. The minimum absolute atomic E-state index is 0.275. The monoisotopic (exact) mass is 245 g/mol. The number of aryl methyl sites for hydroxylation is 1. The molecule has 72 valence electrons. The molecule has 0 amide bonds. The van der Waals surface area contributed by atoms with Crippen LogP contribution in [0.25, 0.3) is 0 Å². The molecule has 1 fully saturated rings. The highest BCUT2D eigenvalue weighted by Crippen LogP contribution is 2.23. The molecule has 1 saturated heterocycles. The van der Waals surface area contributed by atoms with Crippen molar-refractivity contribution < 1.29 is 4.74 Å². The van der Waals surface area contributed by atoms with Gasteiger partial charge in [-0.3, -0.25) is 4.68 Å². The number of morpholine rings is 1. The standard InChI is InChI=1S/C8H12BrN3O/c1-12-8(9)6(4-11-12)7-5-13-3-2-10-7/h4,7,10H,2-3,5H2,1H3. The van der Waals surface area contributed by atoms with Crippen LogP contribution in [-0.4, -0.2) is 29.5 Å². The molecule has 0 saturated carbocycles. The number of aromatic nitrogens is 2. The Morgan fingerprint density at radius 3 is 3.15 bits per heavy atom. The van der Waals surface area contributed by atoms with Crippen molar-refractivity contribution in [2.24, 2.45) is 7.05 Å². The summed E-state index contributed by atoms with van der Waals surface area (Å²) in [6, 6.07) is 0.275. The van der Waals surface area contributed by atoms with E-state index in [0.29, 0.717) is 0 Å². The second-order valence-electron chi connectivity index (χ2n) is 3.10. The molecular weight excluding hydrogens is 234 g/mol. The molecule has 0 bridgehead atoms. The molecule has 0 spiro atoms. The predicted octanol–water partition coefficient (Wildman–Crippen LogP) is 0.844. The molecule has 1 atom stereocenters. The number of halogens is 1. The van der Waals surface area contributed by atoms with Crippen LogP contribution in [0.5, 0.6) is 0 Å². The van der Waals surface area contributed by atoms with Crippen LogP contribution >= 0.6 is 15.9 Å². The molecule has 1 unspecified atom stereocenters. The van der Waals surface area contributed by atoms with Gasteiger partial charge in [-0.05, 0) is 15.9 Å². The fraction of sp³-hybridized carbons (Fsp3) is 0.625. The van der Waals surface area contributed by atoms with Gasteiger partial charge in [0.05, 0.1) is 25.5 Å². The van der Waals surface area contributed by atoms with Gasteiger partial charge in [-0.2, -0.15) is 5.10 Å². The van der Waals surface area contributed by atoms with Crippen molar-refractivity contribution in [1.82, 2.24) is 15.1 Å². The normalized spacial score (nSPS) is 23.4. The van der Waals surface area contributed by atoms with Gasteiger partial charge in [0.15, 0.2) is 0 Å². The number of ether oxygens (including phenoxy) is 1. The van der Waals surface area contributed by atoms with Crippen molar-refractivity contribution in [2.75, 3.05) is 19.8 Å². The summed E-state index contributed by atoms with van der Waals surface area (Å²) in [6.07, 6.45) is 1.87. The molecule has 13 heavy (non-hydrogen) atoms. The van der Waals surface area contributed by atoms with Crippen LogP contribution in [0.4, 0.5) is 0 Å². The van der Waals surface area contributed by atoms with Crippen molar-refractivity contribution in [3.8, 4) is 0 Å². The van der Waals surface area contributed by atoms with Crippen LogP contribution < -0.4 is 5.32 Å². The Kier molecular flexibility index (Phi) is 2.66. The van der Waals surface area contributed by atoms with Crippen LogP contribution in [0, 0.1) is 0 Å². The quantitative estimate of drug-likeness (QED) is 0.798. The molecule has 1 aromatic rings. The zero-order chi connectivity index (χ0) is 9.26. The zero-order valence-electron chi connectivity index (χ0n) is 7.46. The van der Waals surface area contributed by atoms with E-state index in [1.165, 1.54) is 5.56 Å². The lowest BCUT2D eigenvalue weighted by Gasteiger charge is -2.23. The zero-order valence-corrected chi connectivity index (χ0v) is 9.04. The van der Waals surface area contributed by atoms with Gasteiger partial charge in [-0.1, -0.05) is 0 Å². The van der Waals surface area contributed by atoms with Crippen molar-refractivity contribution in [1.29, 1.82) is 0 Å². The molecule has 4 nitrogen and oxygen atoms in total. The number of nitrogens with one attached hydrogen (secondary N) is 1. The third-order valence-electron chi connectivity index (χ3n) is 2.19. The van der Waals surface area contributed by atoms with Gasteiger partial charge in [-0.15, -0.1) is 0 Å². The second-order valence-corrected chi connectivity index (χ2v) is 3.85. The van der Waals surface area contributed by atoms with Crippen molar-refractivity contribution in [2.45, 2.75) is 6.04 Å². The summed E-state index contributed by atoms with van der Waals surface area (Å²) in [5.41, 5.74) is 1.17. The van der Waals surface area contributed by atoms with Crippen LogP contribution in [0.1, 0.15) is 11.6 Å². The van der Waals surface area contributed by atoms with Crippen molar-refractivity contribution in [3.05, 3.63) is 16.4 Å². The Balaban J connectivity index is 2.18. The second kappa shape index (κ2) is 3.77. The largest absolute Gasteiger partial charge is 0.378 e. The predicted molar refractivity (Wildman–Crippen MR) is 52.5 cm³/mol. The first-order chi connectivity index (χ1) is 6.29. The fourth-order valence-electron chi connectivity index (χ4n) is 1.44. The Morgan fingerprint density at radius 2 is 2.62 bits per heavy atom. The Labute approximate surface area is 85.4 Å². The summed E-state index contributed by atoms with van der Waals surface area (Å²) in [7, 11) is 1.91. The van der Waals surface area contributed by atoms with E-state index in [9.17, 15) is 0 Å². The summed E-state index contributed by atoms with van der Waals surface area (Å²) in [5, 5.41) is 7.55. The van der Waals surface area contributed by atoms with Gasteiger partial charge in [-0.25, -0.2) is 0 Å². The lowest BCUT2D eigenvalue weighted by molar-refractivity contribution is 0.0766. The van der Waals surface area contributed by atoms with Crippen molar-refractivity contribution >= 4 is 15.9 Å². The van der Waals surface area contributed by atoms with E-state index in [1.807, 2.05) is 17.9 Å². The highest BCUT2D eigenvalue weighted by molar-refractivity contribution is 9.10. The molecular formula is C8H12BrN3O. The summed E-state index contributed by atoms with van der Waals surface area (Å²) in [6.45, 7) is 2.44. The molecule has 1 aliphatic rings. The molecule has 1 aromatic heterocycles. The minimum atomic E-state index is 0.275. The van der Waals surface area contributed by atoms with Crippen LogP contribution in [0.2, 0.25) is 0 Å². The molecule has 0 radical (unpaired) electrons. The average Bonchev–Trinajstić information content (AvgIpc) is 2.49. The van der Waals surface area contributed by atoms with Crippen LogP contribution in [-0.2, 0) is 11.8 Å². The van der Waals surface area contributed by atoms with Gasteiger partial charge in [0, 0.05) is 19.2 Å². The van der Waals surface area contributed by atoms with Crippen LogP contribution in [0.15, 0.2) is 10.8 Å².